The van der Waals surface area contributed by atoms with Crippen molar-refractivity contribution in [2.45, 2.75) is 83.1 Å². The van der Waals surface area contributed by atoms with Crippen LogP contribution in [0.1, 0.15) is 77.6 Å². The largest absolute Gasteiger partial charge is 0.325 e. The number of fused-ring (bicyclic) bond motifs is 2. The van der Waals surface area contributed by atoms with Crippen LogP contribution in [-0.4, -0.2) is 5.54 Å². The molecule has 0 amide bonds. The van der Waals surface area contributed by atoms with E-state index >= 15 is 0 Å². The van der Waals surface area contributed by atoms with Gasteiger partial charge in [0.2, 0.25) is 0 Å². The lowest BCUT2D eigenvalue weighted by molar-refractivity contribution is 0.246. The van der Waals surface area contributed by atoms with E-state index in [0.717, 1.165) is 11.8 Å². The van der Waals surface area contributed by atoms with E-state index in [0.29, 0.717) is 0 Å². The van der Waals surface area contributed by atoms with Crippen molar-refractivity contribution in [3.05, 3.63) is 0 Å². The van der Waals surface area contributed by atoms with Crippen molar-refractivity contribution in [2.24, 2.45) is 17.6 Å². The number of hydrogen-bond donors (Lipinski definition) is 1. The SMILES string of the molecule is CCCCCCCCC1(N)CC2CCC1C2. The zero-order valence-corrected chi connectivity index (χ0v) is 11.0. The summed E-state index contributed by atoms with van der Waals surface area (Å²) < 4.78 is 0. The Balaban J connectivity index is 1.59. The first-order valence-corrected chi connectivity index (χ1v) is 7.53. The minimum absolute atomic E-state index is 0.258. The molecule has 2 N–H and O–H groups in total. The number of nitrogens with two attached hydrogens (primary N) is 1. The summed E-state index contributed by atoms with van der Waals surface area (Å²) in [6, 6.07) is 0. The van der Waals surface area contributed by atoms with E-state index < -0.39 is 0 Å². The van der Waals surface area contributed by atoms with Gasteiger partial charge in [0, 0.05) is 5.54 Å². The molecule has 0 saturated heterocycles. The highest BCUT2D eigenvalue weighted by Gasteiger charge is 2.47. The molecule has 2 bridgehead atoms. The summed E-state index contributed by atoms with van der Waals surface area (Å²) in [7, 11) is 0. The first kappa shape index (κ1) is 12.4. The minimum Gasteiger partial charge on any atom is -0.325 e. The van der Waals surface area contributed by atoms with Crippen LogP contribution in [0.25, 0.3) is 0 Å². The number of rotatable bonds is 7. The first-order valence-electron chi connectivity index (χ1n) is 7.53. The molecule has 0 aromatic heterocycles. The number of hydrogen-bond acceptors (Lipinski definition) is 1. The third-order valence-corrected chi connectivity index (χ3v) is 5.02. The lowest BCUT2D eigenvalue weighted by atomic mass is 9.78. The second-order valence-electron chi connectivity index (χ2n) is 6.33. The van der Waals surface area contributed by atoms with Gasteiger partial charge in [0.15, 0.2) is 0 Å². The van der Waals surface area contributed by atoms with Crippen LogP contribution in [0.5, 0.6) is 0 Å². The molecule has 2 rings (SSSR count). The second kappa shape index (κ2) is 5.53. The van der Waals surface area contributed by atoms with Crippen molar-refractivity contribution in [3.63, 3.8) is 0 Å². The summed E-state index contributed by atoms with van der Waals surface area (Å²) in [5.74, 6) is 1.88. The Morgan fingerprint density at radius 2 is 1.81 bits per heavy atom. The minimum atomic E-state index is 0.258. The smallest absolute Gasteiger partial charge is 0.0185 e. The fourth-order valence-corrected chi connectivity index (χ4v) is 4.03. The summed E-state index contributed by atoms with van der Waals surface area (Å²) in [6.45, 7) is 2.28. The fourth-order valence-electron chi connectivity index (χ4n) is 4.03. The molecule has 16 heavy (non-hydrogen) atoms. The van der Waals surface area contributed by atoms with Gasteiger partial charge in [-0.2, -0.15) is 0 Å². The van der Waals surface area contributed by atoms with Gasteiger partial charge >= 0.3 is 0 Å². The highest BCUT2D eigenvalue weighted by Crippen LogP contribution is 2.51. The average Bonchev–Trinajstić information content (AvgIpc) is 2.83. The van der Waals surface area contributed by atoms with Gasteiger partial charge in [-0.25, -0.2) is 0 Å². The van der Waals surface area contributed by atoms with E-state index in [4.69, 9.17) is 5.73 Å². The Kier molecular flexibility index (Phi) is 4.29. The molecule has 1 nitrogen and oxygen atoms in total. The molecule has 3 unspecified atom stereocenters. The van der Waals surface area contributed by atoms with Crippen molar-refractivity contribution in [1.82, 2.24) is 0 Å². The van der Waals surface area contributed by atoms with Crippen molar-refractivity contribution < 1.29 is 0 Å². The normalized spacial score (nSPS) is 37.1. The highest BCUT2D eigenvalue weighted by atomic mass is 14.8. The molecule has 0 aromatic rings. The Bertz CT molecular complexity index is 213. The van der Waals surface area contributed by atoms with Gasteiger partial charge in [-0.1, -0.05) is 51.9 Å². The van der Waals surface area contributed by atoms with Crippen molar-refractivity contribution in [3.8, 4) is 0 Å². The summed E-state index contributed by atoms with van der Waals surface area (Å²) in [6.07, 6.45) is 15.4. The zero-order chi connectivity index (χ0) is 11.4. The number of unbranched alkanes of at least 4 members (excludes halogenated alkanes) is 5. The maximum atomic E-state index is 6.59. The van der Waals surface area contributed by atoms with Crippen LogP contribution in [0.15, 0.2) is 0 Å². The molecule has 1 heteroatoms. The van der Waals surface area contributed by atoms with Gasteiger partial charge in [0.1, 0.15) is 0 Å². The van der Waals surface area contributed by atoms with Crippen molar-refractivity contribution in [1.29, 1.82) is 0 Å². The van der Waals surface area contributed by atoms with E-state index in [-0.39, 0.29) is 5.54 Å². The van der Waals surface area contributed by atoms with E-state index in [1.165, 1.54) is 70.6 Å². The maximum absolute atomic E-state index is 6.59. The molecule has 2 fully saturated rings. The van der Waals surface area contributed by atoms with Gasteiger partial charge in [-0.05, 0) is 37.5 Å². The fraction of sp³-hybridized carbons (Fsp3) is 1.00. The van der Waals surface area contributed by atoms with Crippen LogP contribution in [0.4, 0.5) is 0 Å². The third-order valence-electron chi connectivity index (χ3n) is 5.02. The van der Waals surface area contributed by atoms with Gasteiger partial charge in [0.05, 0.1) is 0 Å². The van der Waals surface area contributed by atoms with Gasteiger partial charge in [-0.15, -0.1) is 0 Å². The Labute approximate surface area is 101 Å². The summed E-state index contributed by atoms with van der Waals surface area (Å²) >= 11 is 0. The predicted octanol–water partition coefficient (Wildman–Crippen LogP) is 4.25. The van der Waals surface area contributed by atoms with E-state index in [2.05, 4.69) is 6.92 Å². The maximum Gasteiger partial charge on any atom is 0.0185 e. The molecule has 2 aliphatic carbocycles. The van der Waals surface area contributed by atoms with Crippen molar-refractivity contribution >= 4 is 0 Å². The topological polar surface area (TPSA) is 26.0 Å². The molecular weight excluding hydrogens is 194 g/mol. The molecular formula is C15H29N. The first-order chi connectivity index (χ1) is 7.74. The Morgan fingerprint density at radius 1 is 1.06 bits per heavy atom. The molecule has 0 radical (unpaired) electrons. The summed E-state index contributed by atoms with van der Waals surface area (Å²) in [5.41, 5.74) is 6.84. The lowest BCUT2D eigenvalue weighted by Crippen LogP contribution is -2.44. The molecule has 0 heterocycles. The van der Waals surface area contributed by atoms with Crippen LogP contribution in [0.3, 0.4) is 0 Å². The predicted molar refractivity (Wildman–Crippen MR) is 70.4 cm³/mol. The van der Waals surface area contributed by atoms with Crippen LogP contribution in [-0.2, 0) is 0 Å². The monoisotopic (exact) mass is 223 g/mol. The van der Waals surface area contributed by atoms with E-state index in [1.54, 1.807) is 0 Å². The lowest BCUT2D eigenvalue weighted by Gasteiger charge is -2.34. The average molecular weight is 223 g/mol. The van der Waals surface area contributed by atoms with Crippen LogP contribution >= 0.6 is 0 Å². The zero-order valence-electron chi connectivity index (χ0n) is 11.0. The quantitative estimate of drug-likeness (QED) is 0.641. The van der Waals surface area contributed by atoms with Gasteiger partial charge in [0.25, 0.3) is 0 Å². The summed E-state index contributed by atoms with van der Waals surface area (Å²) in [4.78, 5) is 0. The van der Waals surface area contributed by atoms with Gasteiger partial charge in [-0.3, -0.25) is 0 Å². The molecule has 3 atom stereocenters. The third kappa shape index (κ3) is 2.80. The van der Waals surface area contributed by atoms with Crippen LogP contribution < -0.4 is 5.73 Å². The standard InChI is InChI=1S/C15H29N/c1-2-3-4-5-6-7-10-15(16)12-13-8-9-14(15)11-13/h13-14H,2-12,16H2,1H3. The van der Waals surface area contributed by atoms with Gasteiger partial charge < -0.3 is 5.73 Å². The highest BCUT2D eigenvalue weighted by molar-refractivity contribution is 5.03. The molecule has 2 saturated carbocycles. The van der Waals surface area contributed by atoms with Crippen LogP contribution in [0.2, 0.25) is 0 Å². The molecule has 0 aromatic carbocycles. The van der Waals surface area contributed by atoms with Crippen molar-refractivity contribution in [2.75, 3.05) is 0 Å². The van der Waals surface area contributed by atoms with E-state index in [9.17, 15) is 0 Å². The van der Waals surface area contributed by atoms with Crippen LogP contribution in [0, 0.1) is 11.8 Å². The van der Waals surface area contributed by atoms with E-state index in [1.807, 2.05) is 0 Å². The Morgan fingerprint density at radius 3 is 2.44 bits per heavy atom. The molecule has 2 aliphatic rings. The molecule has 0 spiro atoms. The second-order valence-corrected chi connectivity index (χ2v) is 6.33. The molecule has 94 valence electrons. The molecule has 0 aliphatic heterocycles. The summed E-state index contributed by atoms with van der Waals surface area (Å²) in [5, 5.41) is 0. The Hall–Kier alpha value is -0.0400.